The molecule has 1 aromatic carbocycles. The Labute approximate surface area is 117 Å². The molecule has 19 heavy (non-hydrogen) atoms. The molecule has 2 rings (SSSR count). The summed E-state index contributed by atoms with van der Waals surface area (Å²) in [4.78, 5) is 12.4. The number of hydrogen-bond donors (Lipinski definition) is 0. The zero-order valence-corrected chi connectivity index (χ0v) is 13.0. The molecule has 1 aliphatic rings. The van der Waals surface area contributed by atoms with Crippen LogP contribution in [-0.2, 0) is 0 Å². The molecule has 0 amide bonds. The highest BCUT2D eigenvalue weighted by Gasteiger charge is 2.32. The van der Waals surface area contributed by atoms with Gasteiger partial charge in [0.25, 0.3) is 0 Å². The van der Waals surface area contributed by atoms with Gasteiger partial charge in [0.1, 0.15) is 0 Å². The average Bonchev–Trinajstić information content (AvgIpc) is 2.39. The maximum absolute atomic E-state index is 12.4. The van der Waals surface area contributed by atoms with Crippen LogP contribution in [0.5, 0.6) is 0 Å². The van der Waals surface area contributed by atoms with Crippen LogP contribution in [0.3, 0.4) is 0 Å². The molecule has 104 valence electrons. The van der Waals surface area contributed by atoms with Crippen LogP contribution < -0.4 is 10.2 Å². The van der Waals surface area contributed by atoms with Crippen LogP contribution in [0.1, 0.15) is 40.0 Å². The standard InChI is InChI=1S/C16H24NOP/c1-12(2)15-10-9-13(3)11-16(15)17-19(18)14-7-5-4-6-8-14/h4-8,12-13,15-16H,9-11H2,1-3H3. The van der Waals surface area contributed by atoms with Gasteiger partial charge in [0.05, 0.1) is 6.04 Å². The van der Waals surface area contributed by atoms with Gasteiger partial charge in [-0.15, -0.1) is 4.74 Å². The zero-order valence-electron chi connectivity index (χ0n) is 12.1. The summed E-state index contributed by atoms with van der Waals surface area (Å²) in [5.41, 5.74) is 0. The molecular formula is C16H24NOP. The molecular weight excluding hydrogens is 253 g/mol. The summed E-state index contributed by atoms with van der Waals surface area (Å²) in [6, 6.07) is 9.92. The molecule has 1 saturated carbocycles. The van der Waals surface area contributed by atoms with Crippen molar-refractivity contribution in [3.05, 3.63) is 30.3 Å². The average molecular weight is 277 g/mol. The molecule has 1 aliphatic carbocycles. The van der Waals surface area contributed by atoms with E-state index in [-0.39, 0.29) is 6.04 Å². The lowest BCUT2D eigenvalue weighted by Crippen LogP contribution is -2.31. The van der Waals surface area contributed by atoms with E-state index in [2.05, 4.69) is 25.5 Å². The number of hydrogen-bond acceptors (Lipinski definition) is 2. The third kappa shape index (κ3) is 3.87. The van der Waals surface area contributed by atoms with Crippen LogP contribution in [0.15, 0.2) is 35.1 Å². The summed E-state index contributed by atoms with van der Waals surface area (Å²) in [6.07, 6.45) is 3.61. The van der Waals surface area contributed by atoms with E-state index in [1.807, 2.05) is 30.3 Å². The van der Waals surface area contributed by atoms with Gasteiger partial charge in [-0.3, -0.25) is 0 Å². The summed E-state index contributed by atoms with van der Waals surface area (Å²) in [5.74, 6) is 1.93. The van der Waals surface area contributed by atoms with Crippen LogP contribution in [0.25, 0.3) is 0 Å². The van der Waals surface area contributed by atoms with Crippen LogP contribution >= 0.6 is 7.94 Å². The van der Waals surface area contributed by atoms with Crippen molar-refractivity contribution in [1.82, 2.24) is 0 Å². The van der Waals surface area contributed by atoms with Crippen molar-refractivity contribution < 1.29 is 4.89 Å². The Morgan fingerprint density at radius 1 is 1.21 bits per heavy atom. The third-order valence-corrected chi connectivity index (χ3v) is 5.46. The number of nitrogens with zero attached hydrogens (tertiary/aromatic N) is 1. The van der Waals surface area contributed by atoms with Gasteiger partial charge in [0, 0.05) is 0 Å². The molecule has 1 aromatic rings. The second-order valence-electron chi connectivity index (χ2n) is 6.12. The van der Waals surface area contributed by atoms with Crippen molar-refractivity contribution in [2.75, 3.05) is 0 Å². The molecule has 0 bridgehead atoms. The molecule has 4 unspecified atom stereocenters. The minimum absolute atomic E-state index is 0.271. The van der Waals surface area contributed by atoms with E-state index < -0.39 is 7.94 Å². The molecule has 1 fully saturated rings. The van der Waals surface area contributed by atoms with E-state index in [1.54, 1.807) is 0 Å². The largest absolute Gasteiger partial charge is 0.607 e. The number of rotatable bonds is 3. The fourth-order valence-corrected chi connectivity index (χ4v) is 4.14. The van der Waals surface area contributed by atoms with Gasteiger partial charge >= 0.3 is 0 Å². The molecule has 0 aromatic heterocycles. The Morgan fingerprint density at radius 3 is 2.53 bits per heavy atom. The van der Waals surface area contributed by atoms with Gasteiger partial charge in [0.15, 0.2) is 5.30 Å². The highest BCUT2D eigenvalue weighted by atomic mass is 31.1. The predicted octanol–water partition coefficient (Wildman–Crippen LogP) is 3.71. The second kappa shape index (κ2) is 6.63. The SMILES string of the molecule is CC1CCC(C(C)C)C(N=[P+]([O-])c2ccccc2)C1. The van der Waals surface area contributed by atoms with E-state index in [0.717, 1.165) is 11.7 Å². The lowest BCUT2D eigenvalue weighted by Gasteiger charge is -2.33. The normalized spacial score (nSPS) is 28.7. The molecule has 3 heteroatoms. The van der Waals surface area contributed by atoms with Crippen LogP contribution in [0.2, 0.25) is 0 Å². The van der Waals surface area contributed by atoms with Crippen molar-refractivity contribution in [3.63, 3.8) is 0 Å². The van der Waals surface area contributed by atoms with E-state index in [0.29, 0.717) is 17.8 Å². The maximum Gasteiger partial charge on any atom is 0.203 e. The van der Waals surface area contributed by atoms with Gasteiger partial charge in [-0.05, 0) is 42.7 Å². The Morgan fingerprint density at radius 2 is 1.89 bits per heavy atom. The fourth-order valence-electron chi connectivity index (χ4n) is 3.04. The maximum atomic E-state index is 12.4. The summed E-state index contributed by atoms with van der Waals surface area (Å²) in [5, 5.41) is 0.859. The first-order valence-corrected chi connectivity index (χ1v) is 8.52. The molecule has 4 atom stereocenters. The quantitative estimate of drug-likeness (QED) is 0.776. The van der Waals surface area contributed by atoms with Crippen molar-refractivity contribution in [3.8, 4) is 0 Å². The topological polar surface area (TPSA) is 35.4 Å². The molecule has 0 heterocycles. The molecule has 2 nitrogen and oxygen atoms in total. The van der Waals surface area contributed by atoms with Crippen molar-refractivity contribution >= 4 is 13.2 Å². The van der Waals surface area contributed by atoms with Crippen LogP contribution in [0.4, 0.5) is 0 Å². The number of benzene rings is 1. The molecule has 0 N–H and O–H groups in total. The lowest BCUT2D eigenvalue weighted by molar-refractivity contribution is -0.152. The molecule has 0 aliphatic heterocycles. The van der Waals surface area contributed by atoms with Gasteiger partial charge in [0.2, 0.25) is 7.94 Å². The third-order valence-electron chi connectivity index (χ3n) is 4.22. The first kappa shape index (κ1) is 14.7. The van der Waals surface area contributed by atoms with Gasteiger partial charge in [-0.25, -0.2) is 0 Å². The Kier molecular flexibility index (Phi) is 5.13. The monoisotopic (exact) mass is 277 g/mol. The summed E-state index contributed by atoms with van der Waals surface area (Å²) in [6.45, 7) is 6.81. The zero-order chi connectivity index (χ0) is 13.8. The fraction of sp³-hybridized carbons (Fsp3) is 0.625. The Bertz CT molecular complexity index is 430. The van der Waals surface area contributed by atoms with Crippen molar-refractivity contribution in [2.45, 2.75) is 46.1 Å². The Balaban J connectivity index is 2.18. The van der Waals surface area contributed by atoms with E-state index in [4.69, 9.17) is 0 Å². The Hall–Kier alpha value is -0.720. The first-order valence-electron chi connectivity index (χ1n) is 7.31. The predicted molar refractivity (Wildman–Crippen MR) is 80.6 cm³/mol. The lowest BCUT2D eigenvalue weighted by atomic mass is 9.74. The minimum Gasteiger partial charge on any atom is -0.607 e. The van der Waals surface area contributed by atoms with Gasteiger partial charge < -0.3 is 4.89 Å². The van der Waals surface area contributed by atoms with Gasteiger partial charge in [-0.2, -0.15) is 0 Å². The van der Waals surface area contributed by atoms with Crippen LogP contribution in [-0.4, -0.2) is 6.04 Å². The van der Waals surface area contributed by atoms with E-state index in [9.17, 15) is 4.89 Å². The van der Waals surface area contributed by atoms with Crippen LogP contribution in [0, 0.1) is 17.8 Å². The summed E-state index contributed by atoms with van der Waals surface area (Å²) in [7, 11) is -1.59. The summed E-state index contributed by atoms with van der Waals surface area (Å²) >= 11 is 0. The highest BCUT2D eigenvalue weighted by Crippen LogP contribution is 2.37. The smallest absolute Gasteiger partial charge is 0.203 e. The van der Waals surface area contributed by atoms with E-state index in [1.165, 1.54) is 12.8 Å². The van der Waals surface area contributed by atoms with Gasteiger partial charge in [-0.1, -0.05) is 45.4 Å². The van der Waals surface area contributed by atoms with Crippen molar-refractivity contribution in [2.24, 2.45) is 22.5 Å². The first-order chi connectivity index (χ1) is 9.08. The minimum atomic E-state index is -1.59. The molecule has 0 spiro atoms. The summed E-state index contributed by atoms with van der Waals surface area (Å²) < 4.78 is 4.67. The second-order valence-corrected chi connectivity index (χ2v) is 7.41. The molecule has 0 radical (unpaired) electrons. The van der Waals surface area contributed by atoms with E-state index >= 15 is 0 Å². The van der Waals surface area contributed by atoms with Crippen molar-refractivity contribution in [1.29, 1.82) is 0 Å². The molecule has 0 saturated heterocycles. The highest BCUT2D eigenvalue weighted by molar-refractivity contribution is 7.48.